The highest BCUT2D eigenvalue weighted by Gasteiger charge is 2.65. The maximum atomic E-state index is 14.3. The molecule has 0 bridgehead atoms. The van der Waals surface area contributed by atoms with Gasteiger partial charge in [0.2, 0.25) is 11.8 Å². The summed E-state index contributed by atoms with van der Waals surface area (Å²) in [7, 11) is -0.812. The lowest BCUT2D eigenvalue weighted by molar-refractivity contribution is -0.148. The van der Waals surface area contributed by atoms with Crippen LogP contribution in [0.15, 0.2) is 77.9 Å². The van der Waals surface area contributed by atoms with E-state index in [1.807, 2.05) is 60.7 Å². The third-order valence-corrected chi connectivity index (χ3v) is 15.6. The number of rotatable bonds is 8. The molecule has 0 aliphatic carbocycles. The number of benzene rings is 3. The number of likely N-dealkylation sites (tertiary alicyclic amines) is 1. The lowest BCUT2D eigenvalue weighted by Gasteiger charge is -2.37. The molecule has 3 aromatic rings. The van der Waals surface area contributed by atoms with Gasteiger partial charge in [-0.05, 0) is 54.3 Å². The second-order valence-corrected chi connectivity index (χ2v) is 18.9. The number of anilines is 2. The van der Waals surface area contributed by atoms with Gasteiger partial charge in [-0.1, -0.05) is 67.7 Å². The van der Waals surface area contributed by atoms with E-state index in [1.165, 1.54) is 10.2 Å². The standard InChI is InChI=1S/C38H44N4O6Si/c1-24-36(49(3,4)29-15-13-28(47-2)14-16-29)33(22-35(45)41-20-8-11-27(41)23-43)48-38(24)30-21-26(12-17-32(30)39-37(38)46)42-34(44)19-18-31(40-42)25-9-6-5-7-10-25/h5-7,9-10,12-17,21,24,27,33,36,43H,8,11,18-20,22-23H2,1-4H3,(H,39,46)/t24-,27+,33+,36-,38+/m1/s1. The highest BCUT2D eigenvalue weighted by atomic mass is 28.3. The van der Waals surface area contributed by atoms with Gasteiger partial charge >= 0.3 is 0 Å². The van der Waals surface area contributed by atoms with Crippen molar-refractivity contribution in [1.82, 2.24) is 4.90 Å². The molecule has 49 heavy (non-hydrogen) atoms. The third-order valence-electron chi connectivity index (χ3n) is 11.2. The number of carbonyl (C=O) groups is 3. The van der Waals surface area contributed by atoms with Gasteiger partial charge in [0.25, 0.3) is 5.91 Å². The summed E-state index contributed by atoms with van der Waals surface area (Å²) in [6.07, 6.45) is 2.04. The first-order valence-electron chi connectivity index (χ1n) is 17.2. The Bertz CT molecular complexity index is 1800. The third kappa shape index (κ3) is 5.57. The van der Waals surface area contributed by atoms with Crippen molar-refractivity contribution in [2.24, 2.45) is 11.0 Å². The highest BCUT2D eigenvalue weighted by Crippen LogP contribution is 2.59. The van der Waals surface area contributed by atoms with E-state index in [4.69, 9.17) is 14.6 Å². The fourth-order valence-corrected chi connectivity index (χ4v) is 12.7. The second-order valence-electron chi connectivity index (χ2n) is 14.2. The van der Waals surface area contributed by atoms with E-state index in [9.17, 15) is 19.5 Å². The maximum Gasteiger partial charge on any atom is 0.261 e. The average Bonchev–Trinajstić information content (AvgIpc) is 3.79. The Morgan fingerprint density at radius 2 is 1.84 bits per heavy atom. The molecule has 0 radical (unpaired) electrons. The zero-order valence-corrected chi connectivity index (χ0v) is 29.5. The fraction of sp³-hybridized carbons (Fsp3) is 0.421. The van der Waals surface area contributed by atoms with E-state index in [1.54, 1.807) is 12.0 Å². The number of hydrogen-bond donors (Lipinski definition) is 2. The number of methoxy groups -OCH3 is 1. The minimum Gasteiger partial charge on any atom is -0.497 e. The maximum absolute atomic E-state index is 14.3. The Morgan fingerprint density at radius 1 is 1.08 bits per heavy atom. The van der Waals surface area contributed by atoms with Crippen LogP contribution in [0.5, 0.6) is 5.75 Å². The van der Waals surface area contributed by atoms with E-state index in [2.05, 4.69) is 37.5 Å². The van der Waals surface area contributed by atoms with Gasteiger partial charge in [-0.25, -0.2) is 5.01 Å². The number of fused-ring (bicyclic) bond motifs is 2. The van der Waals surface area contributed by atoms with Crippen LogP contribution in [-0.4, -0.2) is 73.9 Å². The van der Waals surface area contributed by atoms with Gasteiger partial charge < -0.3 is 24.8 Å². The van der Waals surface area contributed by atoms with Gasteiger partial charge in [0, 0.05) is 36.6 Å². The summed E-state index contributed by atoms with van der Waals surface area (Å²) in [6, 6.07) is 23.2. The minimum atomic E-state index is -2.45. The average molecular weight is 681 g/mol. The molecule has 256 valence electrons. The fourth-order valence-electron chi connectivity index (χ4n) is 8.69. The molecule has 2 saturated heterocycles. The number of amides is 3. The number of nitrogens with one attached hydrogen (secondary N) is 1. The summed E-state index contributed by atoms with van der Waals surface area (Å²) >= 11 is 0. The Labute approximate surface area is 288 Å². The van der Waals surface area contributed by atoms with E-state index >= 15 is 0 Å². The molecule has 10 nitrogen and oxygen atoms in total. The van der Waals surface area contributed by atoms with Gasteiger partial charge in [-0.3, -0.25) is 14.4 Å². The first-order chi connectivity index (χ1) is 23.6. The Hall–Kier alpha value is -4.32. The van der Waals surface area contributed by atoms with Crippen LogP contribution in [0.3, 0.4) is 0 Å². The molecule has 0 saturated carbocycles. The monoisotopic (exact) mass is 680 g/mol. The summed E-state index contributed by atoms with van der Waals surface area (Å²) in [4.78, 5) is 43.3. The van der Waals surface area contributed by atoms with Crippen LogP contribution in [0.1, 0.15) is 50.2 Å². The van der Waals surface area contributed by atoms with Gasteiger partial charge in [-0.15, -0.1) is 0 Å². The van der Waals surface area contributed by atoms with Crippen LogP contribution in [0.4, 0.5) is 11.4 Å². The Balaban J connectivity index is 1.29. The SMILES string of the molecule is COc1ccc([Si](C)(C)[C@H]2[C@H](CC(=O)N3CCC[C@H]3CO)O[C@@]3(C(=O)Nc4ccc(N5N=C(c6ccccc6)CCC5=O)cc43)[C@@H]2C)cc1. The Morgan fingerprint density at radius 3 is 2.55 bits per heavy atom. The van der Waals surface area contributed by atoms with E-state index < -0.39 is 19.8 Å². The predicted octanol–water partition coefficient (Wildman–Crippen LogP) is 4.77. The summed E-state index contributed by atoms with van der Waals surface area (Å²) in [6.45, 7) is 7.15. The summed E-state index contributed by atoms with van der Waals surface area (Å²) < 4.78 is 12.5. The lowest BCUT2D eigenvalue weighted by atomic mass is 9.82. The van der Waals surface area contributed by atoms with Gasteiger partial charge in [-0.2, -0.15) is 5.10 Å². The molecule has 0 unspecified atom stereocenters. The van der Waals surface area contributed by atoms with Crippen molar-refractivity contribution < 1.29 is 29.0 Å². The molecule has 2 fully saturated rings. The lowest BCUT2D eigenvalue weighted by Crippen LogP contribution is -2.52. The number of ether oxygens (including phenoxy) is 2. The molecule has 3 amide bonds. The molecular weight excluding hydrogens is 637 g/mol. The molecule has 4 heterocycles. The van der Waals surface area contributed by atoms with Crippen molar-refractivity contribution in [3.8, 4) is 5.75 Å². The second kappa shape index (κ2) is 12.9. The summed E-state index contributed by atoms with van der Waals surface area (Å²) in [5.41, 5.74) is 2.14. The first-order valence-corrected chi connectivity index (χ1v) is 20.3. The smallest absolute Gasteiger partial charge is 0.261 e. The van der Waals surface area contributed by atoms with Crippen LogP contribution in [0.25, 0.3) is 0 Å². The largest absolute Gasteiger partial charge is 0.497 e. The summed E-state index contributed by atoms with van der Waals surface area (Å²) in [5, 5.41) is 20.5. The number of hydrazone groups is 1. The predicted molar refractivity (Wildman–Crippen MR) is 191 cm³/mol. The zero-order valence-electron chi connectivity index (χ0n) is 28.5. The molecule has 4 aliphatic rings. The van der Waals surface area contributed by atoms with Crippen molar-refractivity contribution in [3.63, 3.8) is 0 Å². The Kier molecular flexibility index (Phi) is 8.70. The van der Waals surface area contributed by atoms with Crippen molar-refractivity contribution in [2.45, 2.75) is 75.4 Å². The van der Waals surface area contributed by atoms with Gasteiger partial charge in [0.1, 0.15) is 5.75 Å². The van der Waals surface area contributed by atoms with Crippen molar-refractivity contribution in [3.05, 3.63) is 83.9 Å². The topological polar surface area (TPSA) is 121 Å². The van der Waals surface area contributed by atoms with Crippen molar-refractivity contribution >= 4 is 48.1 Å². The van der Waals surface area contributed by atoms with Crippen molar-refractivity contribution in [1.29, 1.82) is 0 Å². The number of nitrogens with zero attached hydrogens (tertiary/aromatic N) is 3. The van der Waals surface area contributed by atoms with E-state index in [-0.39, 0.29) is 48.3 Å². The van der Waals surface area contributed by atoms with Crippen LogP contribution >= 0.6 is 0 Å². The zero-order chi connectivity index (χ0) is 34.5. The number of aliphatic hydroxyl groups is 1. The van der Waals surface area contributed by atoms with Crippen LogP contribution in [0.2, 0.25) is 18.6 Å². The number of aliphatic hydroxyl groups excluding tert-OH is 1. The van der Waals surface area contributed by atoms with Crippen LogP contribution < -0.4 is 20.2 Å². The highest BCUT2D eigenvalue weighted by molar-refractivity contribution is 6.91. The van der Waals surface area contributed by atoms with Crippen molar-refractivity contribution in [2.75, 3.05) is 30.6 Å². The molecule has 3 aromatic carbocycles. The molecule has 2 N–H and O–H groups in total. The quantitative estimate of drug-likeness (QED) is 0.331. The van der Waals surface area contributed by atoms with Crippen LogP contribution in [-0.2, 0) is 24.7 Å². The van der Waals surface area contributed by atoms with E-state index in [0.29, 0.717) is 36.3 Å². The number of carbonyl (C=O) groups excluding carboxylic acids is 3. The molecule has 1 spiro atoms. The number of hydrogen-bond acceptors (Lipinski definition) is 7. The van der Waals surface area contributed by atoms with E-state index in [0.717, 1.165) is 29.9 Å². The van der Waals surface area contributed by atoms with Crippen LogP contribution in [0, 0.1) is 5.92 Å². The molecular formula is C38H44N4O6Si. The molecule has 4 aliphatic heterocycles. The minimum absolute atomic E-state index is 0.0654. The first kappa shape index (κ1) is 33.2. The molecule has 5 atom stereocenters. The molecule has 7 rings (SSSR count). The molecule has 0 aromatic heterocycles. The van der Waals surface area contributed by atoms with Gasteiger partial charge in [0.05, 0.1) is 51.8 Å². The van der Waals surface area contributed by atoms with Gasteiger partial charge in [0.15, 0.2) is 5.60 Å². The summed E-state index contributed by atoms with van der Waals surface area (Å²) in [5.74, 6) is 0.00502. The molecule has 11 heteroatoms. The normalized spacial score (nSPS) is 26.6.